The van der Waals surface area contributed by atoms with Gasteiger partial charge < -0.3 is 10.2 Å². The van der Waals surface area contributed by atoms with E-state index in [1.807, 2.05) is 49.5 Å². The molecule has 0 aliphatic heterocycles. The van der Waals surface area contributed by atoms with Gasteiger partial charge in [0.15, 0.2) is 12.3 Å². The van der Waals surface area contributed by atoms with Crippen molar-refractivity contribution in [2.45, 2.75) is 25.9 Å². The molecule has 2 atom stereocenters. The van der Waals surface area contributed by atoms with Gasteiger partial charge in [0.2, 0.25) is 0 Å². The fourth-order valence-corrected chi connectivity index (χ4v) is 3.67. The molecular weight excluding hydrogens is 344 g/mol. The first-order valence-corrected chi connectivity index (χ1v) is 9.02. The van der Waals surface area contributed by atoms with E-state index in [9.17, 15) is 9.59 Å². The Bertz CT molecular complexity index is 687. The number of quaternary nitrogens is 1. The summed E-state index contributed by atoms with van der Waals surface area (Å²) in [7, 11) is 1.95. The summed E-state index contributed by atoms with van der Waals surface area (Å²) in [5.41, 5.74) is 1.03. The lowest BCUT2D eigenvalue weighted by Gasteiger charge is -2.18. The minimum absolute atomic E-state index is 0.0325. The highest BCUT2D eigenvalue weighted by atomic mass is 35.5. The Kier molecular flexibility index (Phi) is 6.97. The van der Waals surface area contributed by atoms with Gasteiger partial charge in [0, 0.05) is 0 Å². The summed E-state index contributed by atoms with van der Waals surface area (Å²) in [5.74, 6) is -0.152. The number of likely N-dealkylation sites (N-methyl/N-ethyl adjacent to an activating group) is 1. The predicted molar refractivity (Wildman–Crippen MR) is 97.5 cm³/mol. The van der Waals surface area contributed by atoms with Crippen LogP contribution in [0.25, 0.3) is 0 Å². The van der Waals surface area contributed by atoms with E-state index in [1.165, 1.54) is 18.3 Å². The predicted octanol–water partition coefficient (Wildman–Crippen LogP) is 1.73. The lowest BCUT2D eigenvalue weighted by molar-refractivity contribution is -0.885. The van der Waals surface area contributed by atoms with Crippen LogP contribution >= 0.6 is 22.9 Å². The van der Waals surface area contributed by atoms with Crippen molar-refractivity contribution in [3.05, 3.63) is 57.2 Å². The molecule has 4 nitrogen and oxygen atoms in total. The lowest BCUT2D eigenvalue weighted by Crippen LogP contribution is -3.08. The minimum Gasteiger partial charge on any atom is -0.341 e. The maximum atomic E-state index is 12.2. The second kappa shape index (κ2) is 8.97. The molecule has 2 aromatic rings. The zero-order valence-electron chi connectivity index (χ0n) is 13.8. The minimum atomic E-state index is -0.483. The smallest absolute Gasteiger partial charge is 0.275 e. The van der Waals surface area contributed by atoms with Crippen LogP contribution in [0.3, 0.4) is 0 Å². The Labute approximate surface area is 151 Å². The number of amides is 1. The summed E-state index contributed by atoms with van der Waals surface area (Å²) < 4.78 is 0.752. The molecule has 1 aromatic carbocycles. The molecule has 0 bridgehead atoms. The Morgan fingerprint density at radius 2 is 1.92 bits per heavy atom. The van der Waals surface area contributed by atoms with Crippen LogP contribution in [0, 0.1) is 0 Å². The van der Waals surface area contributed by atoms with Crippen LogP contribution in [0.2, 0.25) is 4.34 Å². The van der Waals surface area contributed by atoms with Gasteiger partial charge >= 0.3 is 0 Å². The van der Waals surface area contributed by atoms with Gasteiger partial charge in [-0.25, -0.2) is 0 Å². The quantitative estimate of drug-likeness (QED) is 0.748. The molecule has 1 heterocycles. The molecular formula is C18H22ClN2O2S+. The van der Waals surface area contributed by atoms with Crippen molar-refractivity contribution in [1.82, 2.24) is 5.32 Å². The van der Waals surface area contributed by atoms with Gasteiger partial charge in [-0.1, -0.05) is 41.9 Å². The second-order valence-electron chi connectivity index (χ2n) is 5.94. The van der Waals surface area contributed by atoms with Gasteiger partial charge in [-0.05, 0) is 31.0 Å². The van der Waals surface area contributed by atoms with Crippen LogP contribution < -0.4 is 10.2 Å². The van der Waals surface area contributed by atoms with Crippen LogP contribution in [0.5, 0.6) is 0 Å². The molecule has 24 heavy (non-hydrogen) atoms. The fraction of sp³-hybridized carbons (Fsp3) is 0.333. The van der Waals surface area contributed by atoms with Gasteiger partial charge in [0.25, 0.3) is 5.91 Å². The van der Waals surface area contributed by atoms with Crippen molar-refractivity contribution in [3.63, 3.8) is 0 Å². The van der Waals surface area contributed by atoms with E-state index < -0.39 is 6.04 Å². The van der Waals surface area contributed by atoms with Gasteiger partial charge in [-0.3, -0.25) is 9.59 Å². The summed E-state index contributed by atoms with van der Waals surface area (Å²) in [6.45, 7) is 2.56. The molecule has 0 saturated carbocycles. The molecule has 6 heteroatoms. The van der Waals surface area contributed by atoms with Crippen molar-refractivity contribution in [3.8, 4) is 0 Å². The summed E-state index contributed by atoms with van der Waals surface area (Å²) in [6, 6.07) is 13.1. The molecule has 0 spiro atoms. The summed E-state index contributed by atoms with van der Waals surface area (Å²) >= 11 is 7.45. The molecule has 2 rings (SSSR count). The standard InChI is InChI=1S/C18H21ClN2O2S/c1-13(22)16(10-14-6-4-3-5-7-14)20-18(23)12-21(2)11-15-8-9-17(19)24-15/h3-9,16H,10-12H2,1-2H3,(H,20,23)/p+1/t16-/m1/s1. The number of hydrogen-bond acceptors (Lipinski definition) is 3. The number of thiophene rings is 1. The third-order valence-corrected chi connectivity index (χ3v) is 4.91. The Morgan fingerprint density at radius 3 is 2.50 bits per heavy atom. The van der Waals surface area contributed by atoms with E-state index in [4.69, 9.17) is 11.6 Å². The van der Waals surface area contributed by atoms with Crippen LogP contribution in [0.15, 0.2) is 42.5 Å². The van der Waals surface area contributed by atoms with Crippen LogP contribution in [-0.2, 0) is 22.6 Å². The Morgan fingerprint density at radius 1 is 1.21 bits per heavy atom. The summed E-state index contributed by atoms with van der Waals surface area (Å²) in [4.78, 5) is 26.3. The van der Waals surface area contributed by atoms with E-state index in [-0.39, 0.29) is 11.7 Å². The van der Waals surface area contributed by atoms with Gasteiger partial charge in [-0.15, -0.1) is 11.3 Å². The highest BCUT2D eigenvalue weighted by Gasteiger charge is 2.20. The largest absolute Gasteiger partial charge is 0.341 e. The van der Waals surface area contributed by atoms with Crippen molar-refractivity contribution < 1.29 is 14.5 Å². The molecule has 0 saturated heterocycles. The van der Waals surface area contributed by atoms with Crippen LogP contribution in [-0.4, -0.2) is 31.3 Å². The third-order valence-electron chi connectivity index (χ3n) is 3.68. The molecule has 128 valence electrons. The van der Waals surface area contributed by atoms with E-state index >= 15 is 0 Å². The highest BCUT2D eigenvalue weighted by Crippen LogP contribution is 2.20. The number of carbonyl (C=O) groups excluding carboxylic acids is 2. The number of nitrogens with one attached hydrogen (secondary N) is 2. The van der Waals surface area contributed by atoms with E-state index in [2.05, 4.69) is 5.32 Å². The van der Waals surface area contributed by atoms with Crippen molar-refractivity contribution in [2.75, 3.05) is 13.6 Å². The van der Waals surface area contributed by atoms with Crippen LogP contribution in [0.4, 0.5) is 0 Å². The average Bonchev–Trinajstić information content (AvgIpc) is 2.92. The Balaban J connectivity index is 1.87. The number of benzene rings is 1. The molecule has 2 N–H and O–H groups in total. The lowest BCUT2D eigenvalue weighted by atomic mass is 10.0. The topological polar surface area (TPSA) is 50.6 Å². The molecule has 0 fully saturated rings. The van der Waals surface area contributed by atoms with E-state index in [0.717, 1.165) is 26.2 Å². The summed E-state index contributed by atoms with van der Waals surface area (Å²) in [6.07, 6.45) is 0.515. The molecule has 1 amide bonds. The normalized spacial score (nSPS) is 13.3. The highest BCUT2D eigenvalue weighted by molar-refractivity contribution is 7.16. The molecule has 0 radical (unpaired) electrons. The number of halogens is 1. The zero-order valence-corrected chi connectivity index (χ0v) is 15.4. The zero-order chi connectivity index (χ0) is 17.5. The first kappa shape index (κ1) is 18.6. The molecule has 0 aliphatic carbocycles. The van der Waals surface area contributed by atoms with Crippen molar-refractivity contribution in [2.24, 2.45) is 0 Å². The third kappa shape index (κ3) is 6.07. The average molecular weight is 366 g/mol. The van der Waals surface area contributed by atoms with Crippen molar-refractivity contribution >= 4 is 34.6 Å². The molecule has 1 unspecified atom stereocenters. The van der Waals surface area contributed by atoms with E-state index in [1.54, 1.807) is 0 Å². The number of Topliss-reactive ketones (excluding diaryl/α,β-unsaturated/α-hetero) is 1. The fourth-order valence-electron chi connectivity index (χ4n) is 2.47. The SMILES string of the molecule is CC(=O)[C@@H](Cc1ccccc1)NC(=O)C[NH+](C)Cc1ccc(Cl)s1. The first-order valence-electron chi connectivity index (χ1n) is 7.83. The second-order valence-corrected chi connectivity index (χ2v) is 7.74. The first-order chi connectivity index (χ1) is 11.4. The number of hydrogen-bond donors (Lipinski definition) is 2. The molecule has 0 aliphatic rings. The summed E-state index contributed by atoms with van der Waals surface area (Å²) in [5, 5.41) is 2.85. The van der Waals surface area contributed by atoms with Crippen molar-refractivity contribution in [1.29, 1.82) is 0 Å². The van der Waals surface area contributed by atoms with Gasteiger partial charge in [0.1, 0.15) is 6.54 Å². The Hall–Kier alpha value is -1.69. The van der Waals surface area contributed by atoms with Gasteiger partial charge in [0.05, 0.1) is 22.3 Å². The molecule has 1 aromatic heterocycles. The maximum absolute atomic E-state index is 12.2. The number of carbonyl (C=O) groups is 2. The number of ketones is 1. The van der Waals surface area contributed by atoms with Crippen LogP contribution in [0.1, 0.15) is 17.4 Å². The van der Waals surface area contributed by atoms with Gasteiger partial charge in [-0.2, -0.15) is 0 Å². The monoisotopic (exact) mass is 365 g/mol. The maximum Gasteiger partial charge on any atom is 0.275 e. The number of rotatable bonds is 8. The van der Waals surface area contributed by atoms with E-state index in [0.29, 0.717) is 13.0 Å².